The van der Waals surface area contributed by atoms with E-state index in [9.17, 15) is 8.42 Å². The van der Waals surface area contributed by atoms with Crippen LogP contribution < -0.4 is 5.73 Å². The fourth-order valence-corrected chi connectivity index (χ4v) is 2.91. The van der Waals surface area contributed by atoms with Crippen LogP contribution in [-0.2, 0) is 16.9 Å². The molecule has 0 aliphatic rings. The lowest BCUT2D eigenvalue weighted by atomic mass is 10.2. The zero-order valence-corrected chi connectivity index (χ0v) is 10.1. The number of nitrogens with two attached hydrogens (primary N) is 1. The molecule has 2 rings (SSSR count). The zero-order valence-electron chi connectivity index (χ0n) is 9.27. The molecule has 2 aromatic rings. The Kier molecular flexibility index (Phi) is 2.42. The molecule has 0 saturated heterocycles. The molecular weight excluding hydrogens is 224 g/mol. The number of hydrogen-bond acceptors (Lipinski definition) is 3. The molecular formula is C11H14N2O2S. The first-order chi connectivity index (χ1) is 7.45. The topological polar surface area (TPSA) is 65.1 Å². The first-order valence-corrected chi connectivity index (χ1v) is 6.68. The first-order valence-electron chi connectivity index (χ1n) is 5.03. The molecule has 16 heavy (non-hydrogen) atoms. The second-order valence-corrected chi connectivity index (χ2v) is 6.03. The summed E-state index contributed by atoms with van der Waals surface area (Å²) in [5.74, 6) is 0.0838. The summed E-state index contributed by atoms with van der Waals surface area (Å²) >= 11 is 0. The summed E-state index contributed by atoms with van der Waals surface area (Å²) in [4.78, 5) is 0.325. The van der Waals surface area contributed by atoms with E-state index in [2.05, 4.69) is 0 Å². The highest BCUT2D eigenvalue weighted by atomic mass is 32.2. The van der Waals surface area contributed by atoms with Gasteiger partial charge < -0.3 is 10.3 Å². The van der Waals surface area contributed by atoms with E-state index in [4.69, 9.17) is 5.73 Å². The Morgan fingerprint density at radius 2 is 2.06 bits per heavy atom. The number of rotatable bonds is 2. The Hall–Kier alpha value is -1.49. The molecule has 0 spiro atoms. The second-order valence-electron chi connectivity index (χ2n) is 3.78. The molecule has 0 radical (unpaired) electrons. The lowest BCUT2D eigenvalue weighted by Crippen LogP contribution is -2.05. The van der Waals surface area contributed by atoms with E-state index >= 15 is 0 Å². The third-order valence-electron chi connectivity index (χ3n) is 2.70. The maximum atomic E-state index is 11.9. The third-order valence-corrected chi connectivity index (χ3v) is 4.47. The number of aromatic nitrogens is 1. The average molecular weight is 238 g/mol. The predicted octanol–water partition coefficient (Wildman–Crippen LogP) is 1.55. The number of nitrogens with zero attached hydrogens (tertiary/aromatic N) is 1. The van der Waals surface area contributed by atoms with Crippen LogP contribution in [0.3, 0.4) is 0 Å². The fraction of sp³-hybridized carbons (Fsp3) is 0.273. The molecule has 0 saturated carbocycles. The number of anilines is 1. The fourth-order valence-electron chi connectivity index (χ4n) is 1.77. The van der Waals surface area contributed by atoms with Gasteiger partial charge in [-0.1, -0.05) is 6.92 Å². The van der Waals surface area contributed by atoms with Crippen LogP contribution in [0.4, 0.5) is 5.69 Å². The van der Waals surface area contributed by atoms with Crippen LogP contribution in [0.5, 0.6) is 0 Å². The van der Waals surface area contributed by atoms with Gasteiger partial charge in [-0.15, -0.1) is 0 Å². The van der Waals surface area contributed by atoms with Gasteiger partial charge in [-0.05, 0) is 18.2 Å². The van der Waals surface area contributed by atoms with Gasteiger partial charge in [-0.25, -0.2) is 8.42 Å². The van der Waals surface area contributed by atoms with Gasteiger partial charge in [0.2, 0.25) is 0 Å². The van der Waals surface area contributed by atoms with Gasteiger partial charge in [0.15, 0.2) is 9.84 Å². The summed E-state index contributed by atoms with van der Waals surface area (Å²) < 4.78 is 25.7. The van der Waals surface area contributed by atoms with Gasteiger partial charge in [-0.3, -0.25) is 0 Å². The van der Waals surface area contributed by atoms with Crippen LogP contribution in [0, 0.1) is 0 Å². The van der Waals surface area contributed by atoms with E-state index in [1.54, 1.807) is 19.1 Å². The lowest BCUT2D eigenvalue weighted by molar-refractivity contribution is 0.598. The molecule has 0 bridgehead atoms. The maximum Gasteiger partial charge on any atom is 0.178 e. The van der Waals surface area contributed by atoms with Crippen molar-refractivity contribution in [3.8, 4) is 0 Å². The Morgan fingerprint density at radius 3 is 2.69 bits per heavy atom. The Labute approximate surface area is 94.6 Å². The third kappa shape index (κ3) is 1.57. The van der Waals surface area contributed by atoms with Crippen molar-refractivity contribution >= 4 is 26.4 Å². The molecule has 1 aromatic carbocycles. The minimum Gasteiger partial charge on any atom is -0.399 e. The van der Waals surface area contributed by atoms with Gasteiger partial charge >= 0.3 is 0 Å². The lowest BCUT2D eigenvalue weighted by Gasteiger charge is -2.06. The van der Waals surface area contributed by atoms with Crippen molar-refractivity contribution in [1.82, 2.24) is 4.57 Å². The number of sulfone groups is 1. The van der Waals surface area contributed by atoms with Crippen LogP contribution >= 0.6 is 0 Å². The summed E-state index contributed by atoms with van der Waals surface area (Å²) in [5.41, 5.74) is 7.04. The predicted molar refractivity (Wildman–Crippen MR) is 65.1 cm³/mol. The molecule has 0 aliphatic carbocycles. The van der Waals surface area contributed by atoms with E-state index in [1.807, 2.05) is 17.8 Å². The number of nitrogen functional groups attached to an aromatic ring is 1. The summed E-state index contributed by atoms with van der Waals surface area (Å²) in [6.45, 7) is 1.63. The normalized spacial score (nSPS) is 12.1. The van der Waals surface area contributed by atoms with Crippen LogP contribution in [-0.4, -0.2) is 18.7 Å². The highest BCUT2D eigenvalue weighted by Crippen LogP contribution is 2.27. The van der Waals surface area contributed by atoms with E-state index in [0.29, 0.717) is 10.6 Å². The number of hydrogen-bond donors (Lipinski definition) is 1. The molecule has 0 fully saturated rings. The molecule has 4 nitrogen and oxygen atoms in total. The van der Waals surface area contributed by atoms with Gasteiger partial charge in [-0.2, -0.15) is 0 Å². The molecule has 0 aliphatic heterocycles. The first kappa shape index (κ1) is 11.0. The zero-order chi connectivity index (χ0) is 11.9. The van der Waals surface area contributed by atoms with Crippen molar-refractivity contribution in [3.63, 3.8) is 0 Å². The van der Waals surface area contributed by atoms with Crippen molar-refractivity contribution < 1.29 is 8.42 Å². The van der Waals surface area contributed by atoms with Crippen molar-refractivity contribution in [1.29, 1.82) is 0 Å². The van der Waals surface area contributed by atoms with E-state index in [0.717, 1.165) is 10.9 Å². The van der Waals surface area contributed by atoms with Crippen molar-refractivity contribution in [3.05, 3.63) is 24.4 Å². The van der Waals surface area contributed by atoms with Crippen LogP contribution in [0.2, 0.25) is 0 Å². The minimum atomic E-state index is -3.23. The number of benzene rings is 1. The Balaban J connectivity index is 2.89. The standard InChI is InChI=1S/C11H14N2O2S/c1-3-16(14,15)11-7-8(12)6-10-9(11)4-5-13(10)2/h4-7H,3,12H2,1-2H3. The summed E-state index contributed by atoms with van der Waals surface area (Å²) in [6.07, 6.45) is 1.83. The summed E-state index contributed by atoms with van der Waals surface area (Å²) in [7, 11) is -1.36. The van der Waals surface area contributed by atoms with Crippen LogP contribution in [0.15, 0.2) is 29.3 Å². The number of fused-ring (bicyclic) bond motifs is 1. The second kappa shape index (κ2) is 3.52. The van der Waals surface area contributed by atoms with E-state index in [1.165, 1.54) is 6.07 Å². The summed E-state index contributed by atoms with van der Waals surface area (Å²) in [6, 6.07) is 5.11. The highest BCUT2D eigenvalue weighted by molar-refractivity contribution is 7.91. The minimum absolute atomic E-state index is 0.0838. The van der Waals surface area contributed by atoms with Crippen LogP contribution in [0.1, 0.15) is 6.92 Å². The molecule has 1 aromatic heterocycles. The molecule has 0 unspecified atom stereocenters. The quantitative estimate of drug-likeness (QED) is 0.807. The highest BCUT2D eigenvalue weighted by Gasteiger charge is 2.17. The average Bonchev–Trinajstić information content (AvgIpc) is 2.59. The smallest absolute Gasteiger partial charge is 0.178 e. The van der Waals surface area contributed by atoms with Gasteiger partial charge in [0.1, 0.15) is 0 Å². The Morgan fingerprint density at radius 1 is 1.38 bits per heavy atom. The van der Waals surface area contributed by atoms with Gasteiger partial charge in [0, 0.05) is 24.3 Å². The molecule has 1 heterocycles. The molecule has 5 heteroatoms. The largest absolute Gasteiger partial charge is 0.399 e. The van der Waals surface area contributed by atoms with Gasteiger partial charge in [0.05, 0.1) is 16.2 Å². The molecule has 2 N–H and O–H groups in total. The van der Waals surface area contributed by atoms with E-state index in [-0.39, 0.29) is 5.75 Å². The van der Waals surface area contributed by atoms with Crippen molar-refractivity contribution in [2.75, 3.05) is 11.5 Å². The Bertz CT molecular complexity index is 641. The SMILES string of the molecule is CCS(=O)(=O)c1cc(N)cc2c1ccn2C. The summed E-state index contributed by atoms with van der Waals surface area (Å²) in [5, 5.41) is 0.735. The van der Waals surface area contributed by atoms with Crippen molar-refractivity contribution in [2.45, 2.75) is 11.8 Å². The molecule has 0 atom stereocenters. The molecule has 86 valence electrons. The van der Waals surface area contributed by atoms with Gasteiger partial charge in [0.25, 0.3) is 0 Å². The molecule has 0 amide bonds. The van der Waals surface area contributed by atoms with Crippen molar-refractivity contribution in [2.24, 2.45) is 7.05 Å². The van der Waals surface area contributed by atoms with E-state index < -0.39 is 9.84 Å². The monoisotopic (exact) mass is 238 g/mol. The number of aryl methyl sites for hydroxylation is 1. The van der Waals surface area contributed by atoms with Crippen LogP contribution in [0.25, 0.3) is 10.9 Å². The maximum absolute atomic E-state index is 11.9.